The number of hydrogen-bond donors (Lipinski definition) is 1. The number of fused-ring (bicyclic) bond motifs is 2. The molecule has 2 aromatic carbocycles. The summed E-state index contributed by atoms with van der Waals surface area (Å²) >= 11 is 0. The first-order chi connectivity index (χ1) is 11.7. The number of allylic oxidation sites excluding steroid dienone is 2. The Hall–Kier alpha value is -3.13. The number of halogens is 1. The molecule has 4 nitrogen and oxygen atoms in total. The van der Waals surface area contributed by atoms with E-state index in [1.807, 2.05) is 12.1 Å². The highest BCUT2D eigenvalue weighted by Gasteiger charge is 2.19. The summed E-state index contributed by atoms with van der Waals surface area (Å²) < 4.78 is 14.9. The van der Waals surface area contributed by atoms with E-state index >= 15 is 0 Å². The van der Waals surface area contributed by atoms with Gasteiger partial charge in [0, 0.05) is 11.8 Å². The predicted molar refractivity (Wildman–Crippen MR) is 89.1 cm³/mol. The summed E-state index contributed by atoms with van der Waals surface area (Å²) in [4.78, 5) is 0. The summed E-state index contributed by atoms with van der Waals surface area (Å²) in [5.41, 5.74) is 3.82. The lowest BCUT2D eigenvalue weighted by atomic mass is 9.97. The van der Waals surface area contributed by atoms with Crippen LogP contribution in [-0.4, -0.2) is 14.9 Å². The SMILES string of the molecule is N#CC1=C(O)CCCc2cc3c(cnn3-c3ccc(F)cc3)cc21. The highest BCUT2D eigenvalue weighted by molar-refractivity contribution is 5.90. The summed E-state index contributed by atoms with van der Waals surface area (Å²) in [6.07, 6.45) is 3.81. The molecular formula is C19H14FN3O. The van der Waals surface area contributed by atoms with Crippen LogP contribution in [-0.2, 0) is 6.42 Å². The Balaban J connectivity index is 1.93. The van der Waals surface area contributed by atoms with Gasteiger partial charge in [-0.3, -0.25) is 0 Å². The van der Waals surface area contributed by atoms with Gasteiger partial charge < -0.3 is 5.11 Å². The molecule has 0 spiro atoms. The lowest BCUT2D eigenvalue weighted by Gasteiger charge is -2.09. The second-order valence-corrected chi connectivity index (χ2v) is 5.89. The van der Waals surface area contributed by atoms with Crippen molar-refractivity contribution in [1.29, 1.82) is 5.26 Å². The number of benzene rings is 2. The van der Waals surface area contributed by atoms with Crippen LogP contribution >= 0.6 is 0 Å². The zero-order valence-electron chi connectivity index (χ0n) is 12.8. The van der Waals surface area contributed by atoms with Crippen LogP contribution in [0.5, 0.6) is 0 Å². The number of aliphatic hydroxyl groups excluding tert-OH is 1. The largest absolute Gasteiger partial charge is 0.511 e. The second-order valence-electron chi connectivity index (χ2n) is 5.89. The molecule has 0 saturated carbocycles. The third kappa shape index (κ3) is 2.24. The molecule has 3 aromatic rings. The van der Waals surface area contributed by atoms with Gasteiger partial charge >= 0.3 is 0 Å². The first-order valence-electron chi connectivity index (χ1n) is 7.76. The Bertz CT molecular complexity index is 1010. The van der Waals surface area contributed by atoms with E-state index in [0.717, 1.165) is 40.6 Å². The molecule has 0 saturated heterocycles. The van der Waals surface area contributed by atoms with Crippen LogP contribution in [0, 0.1) is 17.1 Å². The van der Waals surface area contributed by atoms with Gasteiger partial charge in [-0.25, -0.2) is 9.07 Å². The predicted octanol–water partition coefficient (Wildman–Crippen LogP) is 4.29. The van der Waals surface area contributed by atoms with Gasteiger partial charge in [-0.1, -0.05) is 0 Å². The standard InChI is InChI=1S/C19H14FN3O/c20-14-4-6-15(7-5-14)23-18-9-12-2-1-3-19(24)17(10-21)16(12)8-13(18)11-22-23/h4-9,11,24H,1-3H2. The molecule has 1 heterocycles. The molecule has 1 aliphatic rings. The zero-order chi connectivity index (χ0) is 16.7. The monoisotopic (exact) mass is 319 g/mol. The molecule has 4 rings (SSSR count). The fourth-order valence-electron chi connectivity index (χ4n) is 3.20. The van der Waals surface area contributed by atoms with Crippen molar-refractivity contribution in [2.45, 2.75) is 19.3 Å². The average Bonchev–Trinajstić information content (AvgIpc) is 2.91. The van der Waals surface area contributed by atoms with Gasteiger partial charge in [-0.2, -0.15) is 10.4 Å². The number of aromatic nitrogens is 2. The first-order valence-corrected chi connectivity index (χ1v) is 7.76. The molecule has 1 aliphatic carbocycles. The normalized spacial score (nSPS) is 14.3. The maximum atomic E-state index is 13.1. The van der Waals surface area contributed by atoms with E-state index in [2.05, 4.69) is 11.2 Å². The van der Waals surface area contributed by atoms with E-state index in [1.165, 1.54) is 12.1 Å². The van der Waals surface area contributed by atoms with Crippen molar-refractivity contribution < 1.29 is 9.50 Å². The lowest BCUT2D eigenvalue weighted by Crippen LogP contribution is -1.98. The van der Waals surface area contributed by atoms with Crippen LogP contribution in [0.3, 0.4) is 0 Å². The topological polar surface area (TPSA) is 61.8 Å². The van der Waals surface area contributed by atoms with E-state index in [1.54, 1.807) is 23.0 Å². The quantitative estimate of drug-likeness (QED) is 0.727. The van der Waals surface area contributed by atoms with E-state index in [0.29, 0.717) is 12.0 Å². The minimum absolute atomic E-state index is 0.154. The smallest absolute Gasteiger partial charge is 0.123 e. The molecule has 0 amide bonds. The van der Waals surface area contributed by atoms with Gasteiger partial charge in [0.2, 0.25) is 0 Å². The molecular weight excluding hydrogens is 305 g/mol. The van der Waals surface area contributed by atoms with Gasteiger partial charge in [0.15, 0.2) is 0 Å². The fraction of sp³-hybridized carbons (Fsp3) is 0.158. The van der Waals surface area contributed by atoms with Crippen LogP contribution in [0.15, 0.2) is 48.4 Å². The Morgan fingerprint density at radius 2 is 1.96 bits per heavy atom. The molecule has 0 aliphatic heterocycles. The second kappa shape index (κ2) is 5.50. The van der Waals surface area contributed by atoms with E-state index in [9.17, 15) is 14.8 Å². The van der Waals surface area contributed by atoms with Crippen molar-refractivity contribution in [3.05, 3.63) is 65.3 Å². The number of aryl methyl sites for hydroxylation is 1. The number of nitriles is 1. The van der Waals surface area contributed by atoms with Crippen LogP contribution < -0.4 is 0 Å². The van der Waals surface area contributed by atoms with Crippen molar-refractivity contribution in [3.8, 4) is 11.8 Å². The van der Waals surface area contributed by atoms with Crippen LogP contribution in [0.4, 0.5) is 4.39 Å². The molecule has 0 bridgehead atoms. The highest BCUT2D eigenvalue weighted by Crippen LogP contribution is 2.32. The van der Waals surface area contributed by atoms with Crippen molar-refractivity contribution in [2.24, 2.45) is 0 Å². The minimum atomic E-state index is -0.289. The van der Waals surface area contributed by atoms with Crippen LogP contribution in [0.25, 0.3) is 22.2 Å². The number of aliphatic hydroxyl groups is 1. The highest BCUT2D eigenvalue weighted by atomic mass is 19.1. The summed E-state index contributed by atoms with van der Waals surface area (Å²) in [6, 6.07) is 12.2. The van der Waals surface area contributed by atoms with Crippen molar-refractivity contribution in [2.75, 3.05) is 0 Å². The third-order valence-electron chi connectivity index (χ3n) is 4.39. The molecule has 0 fully saturated rings. The van der Waals surface area contributed by atoms with E-state index < -0.39 is 0 Å². The van der Waals surface area contributed by atoms with Gasteiger partial charge in [0.05, 0.1) is 23.0 Å². The fourth-order valence-corrected chi connectivity index (χ4v) is 3.20. The van der Waals surface area contributed by atoms with Gasteiger partial charge in [0.25, 0.3) is 0 Å². The summed E-state index contributed by atoms with van der Waals surface area (Å²) in [5.74, 6) is -0.134. The van der Waals surface area contributed by atoms with Crippen molar-refractivity contribution in [3.63, 3.8) is 0 Å². The Kier molecular flexibility index (Phi) is 3.31. The first kappa shape index (κ1) is 14.5. The summed E-state index contributed by atoms with van der Waals surface area (Å²) in [6.45, 7) is 0. The lowest BCUT2D eigenvalue weighted by molar-refractivity contribution is 0.389. The molecule has 0 radical (unpaired) electrons. The number of hydrogen-bond acceptors (Lipinski definition) is 3. The third-order valence-corrected chi connectivity index (χ3v) is 4.39. The molecule has 1 N–H and O–H groups in total. The molecule has 5 heteroatoms. The van der Waals surface area contributed by atoms with Crippen molar-refractivity contribution in [1.82, 2.24) is 9.78 Å². The molecule has 0 atom stereocenters. The maximum Gasteiger partial charge on any atom is 0.123 e. The Morgan fingerprint density at radius 1 is 1.17 bits per heavy atom. The van der Waals surface area contributed by atoms with E-state index in [4.69, 9.17) is 0 Å². The van der Waals surface area contributed by atoms with Gasteiger partial charge in [-0.15, -0.1) is 0 Å². The minimum Gasteiger partial charge on any atom is -0.511 e. The molecule has 0 unspecified atom stereocenters. The average molecular weight is 319 g/mol. The summed E-state index contributed by atoms with van der Waals surface area (Å²) in [7, 11) is 0. The van der Waals surface area contributed by atoms with Crippen molar-refractivity contribution >= 4 is 16.5 Å². The molecule has 1 aromatic heterocycles. The summed E-state index contributed by atoms with van der Waals surface area (Å²) in [5, 5.41) is 24.7. The maximum absolute atomic E-state index is 13.1. The van der Waals surface area contributed by atoms with E-state index in [-0.39, 0.29) is 11.6 Å². The van der Waals surface area contributed by atoms with Gasteiger partial charge in [-0.05, 0) is 60.4 Å². The number of nitrogens with zero attached hydrogens (tertiary/aromatic N) is 3. The van der Waals surface area contributed by atoms with Gasteiger partial charge in [0.1, 0.15) is 17.6 Å². The molecule has 118 valence electrons. The Morgan fingerprint density at radius 3 is 2.71 bits per heavy atom. The van der Waals surface area contributed by atoms with Crippen LogP contribution in [0.1, 0.15) is 24.0 Å². The number of rotatable bonds is 1. The zero-order valence-corrected chi connectivity index (χ0v) is 12.8. The van der Waals surface area contributed by atoms with Crippen LogP contribution in [0.2, 0.25) is 0 Å². The molecule has 24 heavy (non-hydrogen) atoms. The Labute approximate surface area is 138 Å².